The van der Waals surface area contributed by atoms with Crippen LogP contribution in [0.5, 0.6) is 0 Å². The first-order valence-corrected chi connectivity index (χ1v) is 10.6. The van der Waals surface area contributed by atoms with Crippen LogP contribution in [0.1, 0.15) is 19.4 Å². The lowest BCUT2D eigenvalue weighted by Gasteiger charge is -2.33. The minimum atomic E-state index is -4.75. The molecule has 0 aliphatic carbocycles. The largest absolute Gasteiger partial charge is 0.417 e. The Morgan fingerprint density at radius 2 is 1.82 bits per heavy atom. The van der Waals surface area contributed by atoms with Crippen LogP contribution in [0.4, 0.5) is 13.2 Å². The third kappa shape index (κ3) is 5.82. The SMILES string of the molecule is CC(C)CNC(=O)CN1CCN(S(=O)(=O)c2ccc(Cl)c(C(F)(F)F)c2)CC1. The Morgan fingerprint density at radius 3 is 2.36 bits per heavy atom. The van der Waals surface area contributed by atoms with Gasteiger partial charge in [0.25, 0.3) is 0 Å². The topological polar surface area (TPSA) is 69.7 Å². The van der Waals surface area contributed by atoms with Crippen LogP contribution < -0.4 is 5.32 Å². The van der Waals surface area contributed by atoms with Gasteiger partial charge in [-0.15, -0.1) is 0 Å². The Hall–Kier alpha value is -1.36. The zero-order chi connectivity index (χ0) is 21.1. The molecule has 0 radical (unpaired) electrons. The van der Waals surface area contributed by atoms with Gasteiger partial charge in [0.2, 0.25) is 15.9 Å². The minimum Gasteiger partial charge on any atom is -0.355 e. The van der Waals surface area contributed by atoms with E-state index >= 15 is 0 Å². The highest BCUT2D eigenvalue weighted by atomic mass is 35.5. The van der Waals surface area contributed by atoms with Gasteiger partial charge in [-0.05, 0) is 24.1 Å². The quantitative estimate of drug-likeness (QED) is 0.736. The van der Waals surface area contributed by atoms with Crippen molar-refractivity contribution in [2.24, 2.45) is 5.92 Å². The Balaban J connectivity index is 2.03. The molecule has 0 atom stereocenters. The fraction of sp³-hybridized carbons (Fsp3) is 0.588. The summed E-state index contributed by atoms with van der Waals surface area (Å²) in [5.74, 6) is 0.185. The molecule has 28 heavy (non-hydrogen) atoms. The monoisotopic (exact) mass is 441 g/mol. The lowest BCUT2D eigenvalue weighted by Crippen LogP contribution is -2.51. The van der Waals surface area contributed by atoms with Crippen LogP contribution in [0.15, 0.2) is 23.1 Å². The number of hydrogen-bond acceptors (Lipinski definition) is 4. The highest BCUT2D eigenvalue weighted by molar-refractivity contribution is 7.89. The van der Waals surface area contributed by atoms with Gasteiger partial charge in [0, 0.05) is 32.7 Å². The van der Waals surface area contributed by atoms with Gasteiger partial charge in [0.15, 0.2) is 0 Å². The average Bonchev–Trinajstić information content (AvgIpc) is 2.59. The molecule has 0 bridgehead atoms. The molecular weight excluding hydrogens is 419 g/mol. The molecule has 1 fully saturated rings. The fourth-order valence-corrected chi connectivity index (χ4v) is 4.41. The highest BCUT2D eigenvalue weighted by Gasteiger charge is 2.36. The van der Waals surface area contributed by atoms with Crippen molar-refractivity contribution in [2.45, 2.75) is 24.9 Å². The second kappa shape index (κ2) is 8.98. The second-order valence-corrected chi connectivity index (χ2v) is 9.36. The summed E-state index contributed by atoms with van der Waals surface area (Å²) in [4.78, 5) is 13.2. The number of benzene rings is 1. The Morgan fingerprint density at radius 1 is 1.21 bits per heavy atom. The molecule has 1 heterocycles. The molecule has 2 rings (SSSR count). The molecule has 0 saturated carbocycles. The lowest BCUT2D eigenvalue weighted by atomic mass is 10.2. The van der Waals surface area contributed by atoms with Crippen LogP contribution in [-0.2, 0) is 21.0 Å². The summed E-state index contributed by atoms with van der Waals surface area (Å²) in [6, 6.07) is 2.56. The number of alkyl halides is 3. The van der Waals surface area contributed by atoms with Gasteiger partial charge in [-0.3, -0.25) is 9.69 Å². The van der Waals surface area contributed by atoms with Crippen molar-refractivity contribution in [1.29, 1.82) is 0 Å². The standard InChI is InChI=1S/C17H23ClF3N3O3S/c1-12(2)10-22-16(25)11-23-5-7-24(8-6-23)28(26,27)13-3-4-15(18)14(9-13)17(19,20)21/h3-4,9,12H,5-8,10-11H2,1-2H3,(H,22,25). The summed E-state index contributed by atoms with van der Waals surface area (Å²) in [7, 11) is -4.09. The highest BCUT2D eigenvalue weighted by Crippen LogP contribution is 2.36. The van der Waals surface area contributed by atoms with E-state index in [1.807, 2.05) is 18.7 Å². The zero-order valence-electron chi connectivity index (χ0n) is 15.6. The summed E-state index contributed by atoms with van der Waals surface area (Å²) in [6.07, 6.45) is -4.75. The van der Waals surface area contributed by atoms with Gasteiger partial charge in [-0.25, -0.2) is 8.42 Å². The van der Waals surface area contributed by atoms with Gasteiger partial charge < -0.3 is 5.32 Å². The van der Waals surface area contributed by atoms with E-state index in [0.717, 1.165) is 16.4 Å². The van der Waals surface area contributed by atoms with Crippen molar-refractivity contribution in [2.75, 3.05) is 39.3 Å². The molecule has 0 spiro atoms. The fourth-order valence-electron chi connectivity index (χ4n) is 2.74. The van der Waals surface area contributed by atoms with Crippen LogP contribution in [0.2, 0.25) is 5.02 Å². The Bertz CT molecular complexity index is 808. The van der Waals surface area contributed by atoms with Crippen molar-refractivity contribution in [3.8, 4) is 0 Å². The van der Waals surface area contributed by atoms with Crippen LogP contribution in [0.3, 0.4) is 0 Å². The number of nitrogens with zero attached hydrogens (tertiary/aromatic N) is 2. The number of amides is 1. The van der Waals surface area contributed by atoms with Crippen LogP contribution in [0.25, 0.3) is 0 Å². The van der Waals surface area contributed by atoms with E-state index in [-0.39, 0.29) is 25.5 Å². The molecule has 11 heteroatoms. The summed E-state index contributed by atoms with van der Waals surface area (Å²) in [5, 5.41) is 2.24. The van der Waals surface area contributed by atoms with E-state index in [1.165, 1.54) is 0 Å². The Labute approximate surface area is 167 Å². The number of carbonyl (C=O) groups excluding carboxylic acids is 1. The lowest BCUT2D eigenvalue weighted by molar-refractivity contribution is -0.137. The molecule has 1 aliphatic heterocycles. The molecule has 1 aromatic rings. The minimum absolute atomic E-state index is 0.0871. The number of hydrogen-bond donors (Lipinski definition) is 1. The number of rotatable bonds is 6. The summed E-state index contributed by atoms with van der Waals surface area (Å²) >= 11 is 5.56. The molecular formula is C17H23ClF3N3O3S. The molecule has 1 saturated heterocycles. The van der Waals surface area contributed by atoms with Crippen LogP contribution >= 0.6 is 11.6 Å². The van der Waals surface area contributed by atoms with Crippen LogP contribution in [0, 0.1) is 5.92 Å². The number of piperazine rings is 1. The van der Waals surface area contributed by atoms with E-state index < -0.39 is 31.7 Å². The Kier molecular flexibility index (Phi) is 7.35. The van der Waals surface area contributed by atoms with Crippen molar-refractivity contribution in [3.63, 3.8) is 0 Å². The molecule has 0 aromatic heterocycles. The normalized spacial score (nSPS) is 17.1. The number of carbonyl (C=O) groups is 1. The molecule has 6 nitrogen and oxygen atoms in total. The maximum Gasteiger partial charge on any atom is 0.417 e. The van der Waals surface area contributed by atoms with Gasteiger partial charge in [-0.1, -0.05) is 25.4 Å². The molecule has 1 N–H and O–H groups in total. The number of sulfonamides is 1. The molecule has 1 aliphatic rings. The first-order chi connectivity index (χ1) is 12.9. The smallest absolute Gasteiger partial charge is 0.355 e. The molecule has 158 valence electrons. The summed E-state index contributed by atoms with van der Waals surface area (Å²) in [6.45, 7) is 5.47. The van der Waals surface area contributed by atoms with E-state index in [9.17, 15) is 26.4 Å². The predicted octanol–water partition coefficient (Wildman–Crippen LogP) is 2.44. The van der Waals surface area contributed by atoms with Crippen molar-refractivity contribution in [3.05, 3.63) is 28.8 Å². The van der Waals surface area contributed by atoms with Gasteiger partial charge in [0.05, 0.1) is 22.0 Å². The van der Waals surface area contributed by atoms with Gasteiger partial charge in [-0.2, -0.15) is 17.5 Å². The summed E-state index contributed by atoms with van der Waals surface area (Å²) < 4.78 is 65.5. The van der Waals surface area contributed by atoms with Gasteiger partial charge >= 0.3 is 6.18 Å². The third-order valence-corrected chi connectivity index (χ3v) is 6.51. The number of nitrogens with one attached hydrogen (secondary N) is 1. The van der Waals surface area contributed by atoms with E-state index in [0.29, 0.717) is 31.6 Å². The van der Waals surface area contributed by atoms with Crippen LogP contribution in [-0.4, -0.2) is 62.8 Å². The third-order valence-electron chi connectivity index (χ3n) is 4.29. The predicted molar refractivity (Wildman–Crippen MR) is 99.5 cm³/mol. The maximum atomic E-state index is 13.0. The zero-order valence-corrected chi connectivity index (χ0v) is 17.2. The summed E-state index contributed by atoms with van der Waals surface area (Å²) in [5.41, 5.74) is -1.18. The maximum absolute atomic E-state index is 13.0. The molecule has 0 unspecified atom stereocenters. The molecule has 1 amide bonds. The average molecular weight is 442 g/mol. The van der Waals surface area contributed by atoms with E-state index in [2.05, 4.69) is 5.32 Å². The first-order valence-electron chi connectivity index (χ1n) is 8.77. The van der Waals surface area contributed by atoms with Gasteiger partial charge in [0.1, 0.15) is 0 Å². The van der Waals surface area contributed by atoms with Crippen molar-refractivity contribution in [1.82, 2.24) is 14.5 Å². The van der Waals surface area contributed by atoms with Crippen molar-refractivity contribution >= 4 is 27.5 Å². The second-order valence-electron chi connectivity index (χ2n) is 7.02. The van der Waals surface area contributed by atoms with Crippen molar-refractivity contribution < 1.29 is 26.4 Å². The van der Waals surface area contributed by atoms with E-state index in [1.54, 1.807) is 0 Å². The van der Waals surface area contributed by atoms with E-state index in [4.69, 9.17) is 11.6 Å². The molecule has 1 aromatic carbocycles. The first kappa shape index (κ1) is 22.9. The number of halogens is 4.